The van der Waals surface area contributed by atoms with Gasteiger partial charge in [-0.2, -0.15) is 0 Å². The predicted molar refractivity (Wildman–Crippen MR) is 116 cm³/mol. The minimum absolute atomic E-state index is 0.0301. The van der Waals surface area contributed by atoms with Gasteiger partial charge in [-0.05, 0) is 63.1 Å². The molecular weight excluding hydrogens is 382 g/mol. The Morgan fingerprint density at radius 1 is 0.967 bits per heavy atom. The molecule has 7 heteroatoms. The average molecular weight is 409 g/mol. The zero-order valence-corrected chi connectivity index (χ0v) is 17.5. The van der Waals surface area contributed by atoms with Gasteiger partial charge in [0.15, 0.2) is 0 Å². The van der Waals surface area contributed by atoms with Gasteiger partial charge in [-0.15, -0.1) is 0 Å². The van der Waals surface area contributed by atoms with Gasteiger partial charge in [-0.1, -0.05) is 17.2 Å². The summed E-state index contributed by atoms with van der Waals surface area (Å²) in [6.07, 6.45) is 0.976. The van der Waals surface area contributed by atoms with Crippen LogP contribution in [-0.2, 0) is 9.53 Å². The summed E-state index contributed by atoms with van der Waals surface area (Å²) in [6, 6.07) is 12.6. The molecule has 2 aromatic rings. The highest BCUT2D eigenvalue weighted by Crippen LogP contribution is 2.22. The Hall–Kier alpha value is -3.35. The summed E-state index contributed by atoms with van der Waals surface area (Å²) in [5, 5.41) is 5.46. The van der Waals surface area contributed by atoms with Gasteiger partial charge in [0.1, 0.15) is 0 Å². The topological polar surface area (TPSA) is 87.7 Å². The lowest BCUT2D eigenvalue weighted by atomic mass is 9.96. The molecule has 158 valence electrons. The van der Waals surface area contributed by atoms with Crippen LogP contribution in [0.3, 0.4) is 0 Å². The van der Waals surface area contributed by atoms with Crippen LogP contribution in [0.25, 0.3) is 0 Å². The van der Waals surface area contributed by atoms with Gasteiger partial charge in [-0.25, -0.2) is 4.79 Å². The number of carbonyl (C=O) groups excluding carboxylic acids is 3. The third kappa shape index (κ3) is 5.37. The van der Waals surface area contributed by atoms with Gasteiger partial charge in [-0.3, -0.25) is 14.9 Å². The van der Waals surface area contributed by atoms with Crippen LogP contribution < -0.4 is 10.6 Å². The van der Waals surface area contributed by atoms with Crippen LogP contribution in [0.1, 0.15) is 34.3 Å². The fourth-order valence-corrected chi connectivity index (χ4v) is 3.71. The first-order chi connectivity index (χ1) is 14.4. The number of likely N-dealkylation sites (tertiary alicyclic amines) is 1. The number of rotatable bonds is 4. The van der Waals surface area contributed by atoms with Crippen LogP contribution in [0, 0.1) is 19.8 Å². The van der Waals surface area contributed by atoms with Crippen molar-refractivity contribution in [3.05, 3.63) is 59.2 Å². The number of hydrogen-bond acceptors (Lipinski definition) is 4. The molecule has 0 radical (unpaired) electrons. The van der Waals surface area contributed by atoms with Crippen LogP contribution in [0.4, 0.5) is 16.2 Å². The molecule has 3 amide bonds. The number of carbonyl (C=O) groups is 3. The molecule has 0 spiro atoms. The lowest BCUT2D eigenvalue weighted by molar-refractivity contribution is -0.121. The third-order valence-electron chi connectivity index (χ3n) is 5.13. The number of nitrogens with zero attached hydrogens (tertiary/aromatic N) is 1. The van der Waals surface area contributed by atoms with Crippen molar-refractivity contribution in [2.45, 2.75) is 26.7 Å². The zero-order valence-electron chi connectivity index (χ0n) is 17.5. The molecule has 0 aromatic heterocycles. The fraction of sp³-hybridized carbons (Fsp3) is 0.348. The Kier molecular flexibility index (Phi) is 6.72. The van der Waals surface area contributed by atoms with E-state index in [0.717, 1.165) is 24.0 Å². The summed E-state index contributed by atoms with van der Waals surface area (Å²) in [6.45, 7) is 5.01. The second kappa shape index (κ2) is 9.43. The molecule has 0 saturated carbocycles. The average Bonchev–Trinajstić information content (AvgIpc) is 2.73. The van der Waals surface area contributed by atoms with E-state index in [1.54, 1.807) is 29.2 Å². The Morgan fingerprint density at radius 2 is 1.57 bits per heavy atom. The van der Waals surface area contributed by atoms with Gasteiger partial charge in [0, 0.05) is 30.0 Å². The van der Waals surface area contributed by atoms with Crippen molar-refractivity contribution in [1.82, 2.24) is 4.90 Å². The van der Waals surface area contributed by atoms with Crippen molar-refractivity contribution in [2.75, 3.05) is 30.8 Å². The van der Waals surface area contributed by atoms with E-state index in [9.17, 15) is 14.4 Å². The van der Waals surface area contributed by atoms with E-state index in [1.165, 1.54) is 7.11 Å². The number of ether oxygens (including phenoxy) is 1. The highest BCUT2D eigenvalue weighted by atomic mass is 16.5. The lowest BCUT2D eigenvalue weighted by Gasteiger charge is -2.32. The smallest absolute Gasteiger partial charge is 0.411 e. The van der Waals surface area contributed by atoms with Crippen molar-refractivity contribution in [2.24, 2.45) is 5.92 Å². The molecule has 3 rings (SSSR count). The van der Waals surface area contributed by atoms with Gasteiger partial charge >= 0.3 is 6.09 Å². The van der Waals surface area contributed by atoms with E-state index in [4.69, 9.17) is 0 Å². The molecule has 1 fully saturated rings. The summed E-state index contributed by atoms with van der Waals surface area (Å²) in [5.74, 6) is -0.402. The van der Waals surface area contributed by atoms with Crippen LogP contribution in [0.15, 0.2) is 42.5 Å². The second-order valence-corrected chi connectivity index (χ2v) is 7.65. The maximum Gasteiger partial charge on any atom is 0.411 e. The number of amides is 3. The summed E-state index contributed by atoms with van der Waals surface area (Å²) in [7, 11) is 1.29. The fourth-order valence-electron chi connectivity index (χ4n) is 3.71. The van der Waals surface area contributed by atoms with Gasteiger partial charge < -0.3 is 15.0 Å². The number of methoxy groups -OCH3 is 1. The first-order valence-electron chi connectivity index (χ1n) is 9.99. The van der Waals surface area contributed by atoms with Crippen LogP contribution in [0.2, 0.25) is 0 Å². The van der Waals surface area contributed by atoms with Gasteiger partial charge in [0.05, 0.1) is 13.0 Å². The standard InChI is InChI=1S/C23H27N3O4/c1-15-11-16(2)13-18(12-15)22(28)26-10-4-5-17(14-26)21(27)24-19-6-8-20(9-7-19)25-23(29)30-3/h6-9,11-13,17H,4-5,10,14H2,1-3H3,(H,24,27)(H,25,29). The molecule has 0 aliphatic carbocycles. The SMILES string of the molecule is COC(=O)Nc1ccc(NC(=O)C2CCCN(C(=O)c3cc(C)cc(C)c3)C2)cc1. The second-order valence-electron chi connectivity index (χ2n) is 7.65. The highest BCUT2D eigenvalue weighted by Gasteiger charge is 2.29. The summed E-state index contributed by atoms with van der Waals surface area (Å²) in [4.78, 5) is 38.7. The number of aryl methyl sites for hydroxylation is 2. The number of nitrogens with one attached hydrogen (secondary N) is 2. The van der Waals surface area contributed by atoms with E-state index in [2.05, 4.69) is 15.4 Å². The van der Waals surface area contributed by atoms with Crippen molar-refractivity contribution in [3.63, 3.8) is 0 Å². The number of anilines is 2. The molecule has 30 heavy (non-hydrogen) atoms. The van der Waals surface area contributed by atoms with Crippen LogP contribution in [-0.4, -0.2) is 43.0 Å². The molecular formula is C23H27N3O4. The third-order valence-corrected chi connectivity index (χ3v) is 5.13. The molecule has 7 nitrogen and oxygen atoms in total. The summed E-state index contributed by atoms with van der Waals surface area (Å²) >= 11 is 0. The molecule has 1 aliphatic heterocycles. The molecule has 1 saturated heterocycles. The highest BCUT2D eigenvalue weighted by molar-refractivity contribution is 5.96. The van der Waals surface area contributed by atoms with Gasteiger partial charge in [0.2, 0.25) is 5.91 Å². The monoisotopic (exact) mass is 409 g/mol. The van der Waals surface area contributed by atoms with Crippen molar-refractivity contribution < 1.29 is 19.1 Å². The first-order valence-corrected chi connectivity index (χ1v) is 9.99. The molecule has 1 heterocycles. The van der Waals surface area contributed by atoms with E-state index in [1.807, 2.05) is 32.0 Å². The Labute approximate surface area is 176 Å². The zero-order chi connectivity index (χ0) is 21.7. The van der Waals surface area contributed by atoms with Crippen molar-refractivity contribution in [1.29, 1.82) is 0 Å². The lowest BCUT2D eigenvalue weighted by Crippen LogP contribution is -2.43. The van der Waals surface area contributed by atoms with Gasteiger partial charge in [0.25, 0.3) is 5.91 Å². The van der Waals surface area contributed by atoms with Crippen molar-refractivity contribution in [3.8, 4) is 0 Å². The number of hydrogen-bond donors (Lipinski definition) is 2. The van der Waals surface area contributed by atoms with E-state index in [-0.39, 0.29) is 17.7 Å². The molecule has 1 aliphatic rings. The number of benzene rings is 2. The van der Waals surface area contributed by atoms with E-state index < -0.39 is 6.09 Å². The summed E-state index contributed by atoms with van der Waals surface area (Å²) < 4.78 is 4.55. The van der Waals surface area contributed by atoms with Crippen LogP contribution >= 0.6 is 0 Å². The molecule has 1 unspecified atom stereocenters. The predicted octanol–water partition coefficient (Wildman–Crippen LogP) is 3.97. The Balaban J connectivity index is 1.61. The minimum atomic E-state index is -0.553. The van der Waals surface area contributed by atoms with Crippen LogP contribution in [0.5, 0.6) is 0 Å². The molecule has 2 N–H and O–H groups in total. The van der Waals surface area contributed by atoms with E-state index >= 15 is 0 Å². The Morgan fingerprint density at radius 3 is 2.17 bits per heavy atom. The quantitative estimate of drug-likeness (QED) is 0.800. The molecule has 0 bridgehead atoms. The Bertz CT molecular complexity index is 920. The maximum absolute atomic E-state index is 12.9. The van der Waals surface area contributed by atoms with Crippen molar-refractivity contribution >= 4 is 29.3 Å². The first kappa shape index (κ1) is 21.4. The molecule has 1 atom stereocenters. The maximum atomic E-state index is 12.9. The van der Waals surface area contributed by atoms with E-state index in [0.29, 0.717) is 30.0 Å². The molecule has 2 aromatic carbocycles. The largest absolute Gasteiger partial charge is 0.453 e. The normalized spacial score (nSPS) is 16.0. The minimum Gasteiger partial charge on any atom is -0.453 e. The summed E-state index contributed by atoms with van der Waals surface area (Å²) in [5.41, 5.74) is 3.97. The number of piperidine rings is 1.